The molecule has 2 heterocycles. The van der Waals surface area contributed by atoms with E-state index in [9.17, 15) is 43.5 Å². The normalized spacial score (nSPS) is 25.5. The van der Waals surface area contributed by atoms with Gasteiger partial charge in [0, 0.05) is 79.1 Å². The molecule has 0 bridgehead atoms. The number of aliphatic hydroxyl groups excluding tert-OH is 1. The monoisotopic (exact) mass is 952 g/mol. The Morgan fingerprint density at radius 1 is 0.484 bits per heavy atom. The molecule has 22 heteroatoms. The van der Waals surface area contributed by atoms with Crippen molar-refractivity contribution in [2.45, 2.75) is 139 Å². The number of ether oxygens (including phenoxy) is 11. The highest BCUT2D eigenvalue weighted by Crippen LogP contribution is 2.41. The van der Waals surface area contributed by atoms with Gasteiger partial charge in [-0.25, -0.2) is 0 Å². The summed E-state index contributed by atoms with van der Waals surface area (Å²) in [7, 11) is 0. The van der Waals surface area contributed by atoms with Gasteiger partial charge in [0.05, 0.1) is 48.9 Å². The number of rotatable bonds is 27. The van der Waals surface area contributed by atoms with Crippen LogP contribution in [0.15, 0.2) is 12.7 Å². The molecule has 2 saturated heterocycles. The zero-order valence-electron chi connectivity index (χ0n) is 37.8. The number of aliphatic hydroxyl groups is 1. The molecule has 0 saturated carbocycles. The van der Waals surface area contributed by atoms with Crippen LogP contribution < -0.4 is 0 Å². The molecule has 64 heavy (non-hydrogen) atoms. The van der Waals surface area contributed by atoms with Crippen LogP contribution in [0, 0.1) is 5.41 Å². The fraction of sp³-hybridized carbons (Fsp3) is 0.762. The Kier molecular flexibility index (Phi) is 25.3. The third kappa shape index (κ3) is 20.1. The molecule has 10 atom stereocenters. The topological polar surface area (TPSA) is 258 Å². The number of carbonyl (C=O) groups excluding carboxylic acids is 8. The second-order valence-electron chi connectivity index (χ2n) is 15.3. The Labute approximate surface area is 382 Å². The van der Waals surface area contributed by atoms with E-state index < -0.39 is 111 Å². The summed E-state index contributed by atoms with van der Waals surface area (Å²) < 4.78 is 61.9. The lowest BCUT2D eigenvalue weighted by atomic mass is 9.92. The first-order valence-electron chi connectivity index (χ1n) is 20.8. The minimum atomic E-state index is -1.20. The highest BCUT2D eigenvalue weighted by Gasteiger charge is 2.52. The molecule has 20 nitrogen and oxygen atoms in total. The number of carbonyl (C=O) groups is 8. The van der Waals surface area contributed by atoms with Gasteiger partial charge in [0.2, 0.25) is 0 Å². The van der Waals surface area contributed by atoms with Crippen LogP contribution in [0.25, 0.3) is 0 Å². The lowest BCUT2D eigenvalue weighted by Gasteiger charge is -2.44. The van der Waals surface area contributed by atoms with Gasteiger partial charge in [-0.2, -0.15) is 0 Å². The molecule has 0 spiro atoms. The summed E-state index contributed by atoms with van der Waals surface area (Å²) in [5.41, 5.74) is -1.03. The van der Waals surface area contributed by atoms with E-state index in [1.54, 1.807) is 6.08 Å². The molecule has 2 aliphatic rings. The Balaban J connectivity index is 2.18. The molecular weight excluding hydrogens is 889 g/mol. The average Bonchev–Trinajstić information content (AvgIpc) is 3.19. The van der Waals surface area contributed by atoms with Gasteiger partial charge in [-0.15, -0.1) is 30.1 Å². The van der Waals surface area contributed by atoms with Crippen LogP contribution in [-0.2, 0) is 90.5 Å². The van der Waals surface area contributed by atoms with Gasteiger partial charge in [0.15, 0.2) is 36.6 Å². The summed E-state index contributed by atoms with van der Waals surface area (Å²) >= 11 is 2.54. The maximum Gasteiger partial charge on any atom is 0.303 e. The molecule has 1 N–H and O–H groups in total. The fourth-order valence-corrected chi connectivity index (χ4v) is 10.3. The molecule has 0 aromatic rings. The number of thioether (sulfide) groups is 2. The van der Waals surface area contributed by atoms with Crippen LogP contribution in [0.4, 0.5) is 0 Å². The minimum absolute atomic E-state index is 0.00205. The van der Waals surface area contributed by atoms with Crippen molar-refractivity contribution in [3.8, 4) is 0 Å². The number of esters is 8. The summed E-state index contributed by atoms with van der Waals surface area (Å²) in [5, 5.41) is 8.29. The van der Waals surface area contributed by atoms with E-state index in [1.807, 2.05) is 0 Å². The smallest absolute Gasteiger partial charge is 0.303 e. The highest BCUT2D eigenvalue weighted by molar-refractivity contribution is 8.01. The van der Waals surface area contributed by atoms with Gasteiger partial charge >= 0.3 is 47.8 Å². The first-order chi connectivity index (χ1) is 30.2. The van der Waals surface area contributed by atoms with Crippen molar-refractivity contribution < 1.29 is 95.6 Å². The first kappa shape index (κ1) is 56.2. The zero-order valence-corrected chi connectivity index (χ0v) is 39.4. The second kappa shape index (κ2) is 28.8. The van der Waals surface area contributed by atoms with Crippen molar-refractivity contribution in [3.63, 3.8) is 0 Å². The lowest BCUT2D eigenvalue weighted by molar-refractivity contribution is -0.186. The minimum Gasteiger partial charge on any atom is -0.465 e. The summed E-state index contributed by atoms with van der Waals surface area (Å²) in [6.07, 6.45) is -3.58. The van der Waals surface area contributed by atoms with Crippen molar-refractivity contribution in [1.82, 2.24) is 0 Å². The van der Waals surface area contributed by atoms with Crippen molar-refractivity contribution in [1.29, 1.82) is 0 Å². The number of hydrogen-bond donors (Lipinski definition) is 1. The van der Waals surface area contributed by atoms with Gasteiger partial charge in [0.25, 0.3) is 0 Å². The Morgan fingerprint density at radius 3 is 1.09 bits per heavy atom. The second-order valence-corrected chi connectivity index (χ2v) is 18.3. The van der Waals surface area contributed by atoms with Crippen molar-refractivity contribution in [2.24, 2.45) is 5.41 Å². The molecule has 0 aromatic carbocycles. The summed E-state index contributed by atoms with van der Waals surface area (Å²) in [6, 6.07) is 0. The SMILES string of the molecule is C=CCOCC(CO)(COCCC[C@@H]1S[C@H](COC(C)=O)[C@@H](OC(C)=O)[C@H](OC(C)=O)[C@H]1OC(C)=O)COCCC[C@@H]1S[C@H](COC(C)=O)[C@@H](OC(C)=O)[C@H](OC(C)=O)[C@H]1OC(C)=O. The molecule has 2 rings (SSSR count). The largest absolute Gasteiger partial charge is 0.465 e. The Hall–Kier alpha value is -3.96. The molecule has 0 aliphatic carbocycles. The molecule has 0 unspecified atom stereocenters. The van der Waals surface area contributed by atoms with Crippen molar-refractivity contribution in [2.75, 3.05) is 59.5 Å². The van der Waals surface area contributed by atoms with E-state index in [2.05, 4.69) is 6.58 Å². The van der Waals surface area contributed by atoms with E-state index >= 15 is 0 Å². The van der Waals surface area contributed by atoms with Crippen LogP contribution in [0.3, 0.4) is 0 Å². The van der Waals surface area contributed by atoms with Gasteiger partial charge in [-0.1, -0.05) is 6.08 Å². The molecule has 364 valence electrons. The first-order valence-corrected chi connectivity index (χ1v) is 22.7. The molecule has 0 radical (unpaired) electrons. The maximum absolute atomic E-state index is 12.3. The van der Waals surface area contributed by atoms with Gasteiger partial charge in [-0.05, 0) is 25.7 Å². The van der Waals surface area contributed by atoms with Crippen LogP contribution in [0.1, 0.15) is 81.1 Å². The van der Waals surface area contributed by atoms with Gasteiger partial charge in [0.1, 0.15) is 13.2 Å². The standard InChI is InChI=1S/C42H64O20S2/c1-10-15-52-21-42(20-43,22-53-16-11-13-32-36(57-26(4)46)40(61-30(8)50)38(59-28(6)48)34(63-32)18-55-24(2)44)23-54-17-12-14-33-37(58-27(5)47)41(62-31(9)51)39(60-29(7)49)35(64-33)19-56-25(3)45/h10,32-41,43H,1,11-23H2,2-9H3/t32-,33-,34+,35+,36-,37-,38+,39+,40+,41+/m0/s1. The van der Waals surface area contributed by atoms with E-state index in [4.69, 9.17) is 52.1 Å². The summed E-state index contributed by atoms with van der Waals surface area (Å²) in [4.78, 5) is 96.6. The van der Waals surface area contributed by atoms with Crippen molar-refractivity contribution in [3.05, 3.63) is 12.7 Å². The zero-order chi connectivity index (χ0) is 48.0. The van der Waals surface area contributed by atoms with E-state index in [0.29, 0.717) is 25.7 Å². The van der Waals surface area contributed by atoms with Crippen LogP contribution in [0.2, 0.25) is 0 Å². The molecular formula is C42H64O20S2. The van der Waals surface area contributed by atoms with E-state index in [0.717, 1.165) is 0 Å². The van der Waals surface area contributed by atoms with Crippen molar-refractivity contribution >= 4 is 71.3 Å². The third-order valence-electron chi connectivity index (χ3n) is 9.52. The lowest BCUT2D eigenvalue weighted by Crippen LogP contribution is -2.58. The van der Waals surface area contributed by atoms with Crippen LogP contribution in [-0.4, -0.2) is 170 Å². The van der Waals surface area contributed by atoms with Gasteiger partial charge < -0.3 is 57.2 Å². The molecule has 0 aromatic heterocycles. The quantitative estimate of drug-likeness (QED) is 0.0537. The Bertz CT molecular complexity index is 1470. The third-order valence-corrected chi connectivity index (χ3v) is 12.7. The predicted octanol–water partition coefficient (Wildman–Crippen LogP) is 2.45. The van der Waals surface area contributed by atoms with E-state index in [-0.39, 0.29) is 59.5 Å². The summed E-state index contributed by atoms with van der Waals surface area (Å²) in [5.74, 6) is -5.20. The van der Waals surface area contributed by atoms with Crippen LogP contribution >= 0.6 is 23.5 Å². The molecule has 2 aliphatic heterocycles. The van der Waals surface area contributed by atoms with Gasteiger partial charge in [-0.3, -0.25) is 38.4 Å². The Morgan fingerprint density at radius 2 is 0.797 bits per heavy atom. The number of hydrogen-bond acceptors (Lipinski definition) is 22. The van der Waals surface area contributed by atoms with Crippen LogP contribution in [0.5, 0.6) is 0 Å². The molecule has 2 fully saturated rings. The summed E-state index contributed by atoms with van der Waals surface area (Å²) in [6.45, 7) is 13.0. The average molecular weight is 953 g/mol. The predicted molar refractivity (Wildman–Crippen MR) is 228 cm³/mol. The molecule has 0 amide bonds. The van der Waals surface area contributed by atoms with E-state index in [1.165, 1.54) is 78.9 Å². The maximum atomic E-state index is 12.3. The fourth-order valence-electron chi connectivity index (χ4n) is 7.07. The highest BCUT2D eigenvalue weighted by atomic mass is 32.2.